The number of thioether (sulfide) groups is 1. The second-order valence-electron chi connectivity index (χ2n) is 7.17. The van der Waals surface area contributed by atoms with Crippen LogP contribution in [0, 0.1) is 20.8 Å². The SMILES string of the molecule is Cc1nc(S[C@H](C)C(=O)c2cc(C)n(-c3ccccc3)c2C)c2ccccc2n1. The minimum atomic E-state index is -0.252. The number of nitrogens with zero attached hydrogens (tertiary/aromatic N) is 3. The molecule has 2 heterocycles. The van der Waals surface area contributed by atoms with Crippen LogP contribution in [0.2, 0.25) is 0 Å². The largest absolute Gasteiger partial charge is 0.318 e. The Balaban J connectivity index is 1.66. The van der Waals surface area contributed by atoms with E-state index in [0.717, 1.165) is 38.6 Å². The van der Waals surface area contributed by atoms with Crippen molar-refractivity contribution in [3.8, 4) is 5.69 Å². The Bertz CT molecular complexity index is 1200. The maximum absolute atomic E-state index is 13.3. The number of ketones is 1. The molecule has 146 valence electrons. The van der Waals surface area contributed by atoms with E-state index in [1.165, 1.54) is 11.8 Å². The van der Waals surface area contributed by atoms with Crippen LogP contribution < -0.4 is 0 Å². The molecule has 4 rings (SSSR count). The third-order valence-electron chi connectivity index (χ3n) is 5.05. The molecule has 0 aliphatic heterocycles. The standard InChI is InChI=1S/C24H23N3OS/c1-15-14-21(16(2)27(15)19-10-6-5-7-11-19)23(28)17(3)29-24-20-12-8-9-13-22(20)25-18(4)26-24/h5-14,17H,1-4H3/t17-/m1/s1. The van der Waals surface area contributed by atoms with Crippen molar-refractivity contribution in [2.24, 2.45) is 0 Å². The maximum Gasteiger partial charge on any atom is 0.177 e. The van der Waals surface area contributed by atoms with E-state index >= 15 is 0 Å². The summed E-state index contributed by atoms with van der Waals surface area (Å²) in [5, 5.41) is 1.58. The van der Waals surface area contributed by atoms with Gasteiger partial charge in [0.05, 0.1) is 10.8 Å². The second kappa shape index (κ2) is 7.84. The number of aromatic nitrogens is 3. The Hall–Kier alpha value is -2.92. The third kappa shape index (κ3) is 3.70. The predicted octanol–water partition coefficient (Wildman–Crippen LogP) is 5.71. The Morgan fingerprint density at radius 2 is 1.66 bits per heavy atom. The molecular weight excluding hydrogens is 378 g/mol. The molecule has 0 spiro atoms. The third-order valence-corrected chi connectivity index (χ3v) is 6.15. The summed E-state index contributed by atoms with van der Waals surface area (Å²) < 4.78 is 2.13. The fraction of sp³-hybridized carbons (Fsp3) is 0.208. The van der Waals surface area contributed by atoms with E-state index in [2.05, 4.69) is 26.7 Å². The van der Waals surface area contributed by atoms with E-state index in [1.807, 2.05) is 76.2 Å². The fourth-order valence-corrected chi connectivity index (χ4v) is 4.73. The highest BCUT2D eigenvalue weighted by Gasteiger charge is 2.23. The number of rotatable bonds is 5. The van der Waals surface area contributed by atoms with E-state index in [4.69, 9.17) is 0 Å². The first kappa shape index (κ1) is 19.4. The van der Waals surface area contributed by atoms with E-state index < -0.39 is 0 Å². The van der Waals surface area contributed by atoms with Gasteiger partial charge >= 0.3 is 0 Å². The molecule has 2 aromatic carbocycles. The number of hydrogen-bond donors (Lipinski definition) is 0. The quantitative estimate of drug-likeness (QED) is 0.244. The molecule has 5 heteroatoms. The normalized spacial score (nSPS) is 12.3. The van der Waals surface area contributed by atoms with Crippen LogP contribution in [-0.4, -0.2) is 25.6 Å². The van der Waals surface area contributed by atoms with Gasteiger partial charge in [-0.3, -0.25) is 4.79 Å². The van der Waals surface area contributed by atoms with E-state index in [1.54, 1.807) is 0 Å². The van der Waals surface area contributed by atoms with Crippen LogP contribution in [0.4, 0.5) is 0 Å². The monoisotopic (exact) mass is 401 g/mol. The van der Waals surface area contributed by atoms with Gasteiger partial charge in [-0.2, -0.15) is 0 Å². The molecule has 0 aliphatic rings. The zero-order valence-corrected chi connectivity index (χ0v) is 17.8. The molecule has 4 aromatic rings. The van der Waals surface area contributed by atoms with Gasteiger partial charge in [0.1, 0.15) is 10.9 Å². The maximum atomic E-state index is 13.3. The number of para-hydroxylation sites is 2. The smallest absolute Gasteiger partial charge is 0.177 e. The minimum Gasteiger partial charge on any atom is -0.318 e. The number of Topliss-reactive ketones (excluding diaryl/α,β-unsaturated/α-hetero) is 1. The molecular formula is C24H23N3OS. The molecule has 1 atom stereocenters. The lowest BCUT2D eigenvalue weighted by Crippen LogP contribution is -2.15. The molecule has 0 N–H and O–H groups in total. The molecule has 0 saturated heterocycles. The molecule has 0 fully saturated rings. The van der Waals surface area contributed by atoms with Crippen LogP contribution >= 0.6 is 11.8 Å². The van der Waals surface area contributed by atoms with Crippen LogP contribution in [-0.2, 0) is 0 Å². The topological polar surface area (TPSA) is 47.8 Å². The number of carbonyl (C=O) groups is 1. The summed E-state index contributed by atoms with van der Waals surface area (Å²) >= 11 is 1.50. The van der Waals surface area contributed by atoms with Gasteiger partial charge in [0.2, 0.25) is 0 Å². The van der Waals surface area contributed by atoms with Crippen LogP contribution in [0.3, 0.4) is 0 Å². The van der Waals surface area contributed by atoms with Crippen molar-refractivity contribution in [1.29, 1.82) is 0 Å². The van der Waals surface area contributed by atoms with Crippen LogP contribution in [0.15, 0.2) is 65.7 Å². The highest BCUT2D eigenvalue weighted by molar-refractivity contribution is 8.00. The number of aryl methyl sites for hydroxylation is 2. The molecule has 2 aromatic heterocycles. The van der Waals surface area contributed by atoms with Gasteiger partial charge in [-0.25, -0.2) is 9.97 Å². The lowest BCUT2D eigenvalue weighted by molar-refractivity contribution is 0.0993. The van der Waals surface area contributed by atoms with Gasteiger partial charge in [-0.15, -0.1) is 0 Å². The zero-order valence-electron chi connectivity index (χ0n) is 17.0. The van der Waals surface area contributed by atoms with E-state index in [9.17, 15) is 4.79 Å². The Morgan fingerprint density at radius 1 is 0.966 bits per heavy atom. The van der Waals surface area contributed by atoms with Gasteiger partial charge in [0.25, 0.3) is 0 Å². The first-order chi connectivity index (χ1) is 14.0. The Morgan fingerprint density at radius 3 is 2.41 bits per heavy atom. The first-order valence-corrected chi connectivity index (χ1v) is 10.5. The molecule has 29 heavy (non-hydrogen) atoms. The average Bonchev–Trinajstić information content (AvgIpc) is 3.01. The second-order valence-corrected chi connectivity index (χ2v) is 8.50. The summed E-state index contributed by atoms with van der Waals surface area (Å²) in [7, 11) is 0. The molecule has 0 radical (unpaired) electrons. The van der Waals surface area contributed by atoms with E-state index in [-0.39, 0.29) is 11.0 Å². The number of fused-ring (bicyclic) bond motifs is 1. The summed E-state index contributed by atoms with van der Waals surface area (Å²) in [5.41, 5.74) is 4.76. The van der Waals surface area contributed by atoms with Crippen molar-refractivity contribution in [3.63, 3.8) is 0 Å². The first-order valence-electron chi connectivity index (χ1n) is 9.64. The van der Waals surface area contributed by atoms with Gasteiger partial charge in [0.15, 0.2) is 5.78 Å². The fourth-order valence-electron chi connectivity index (χ4n) is 3.67. The van der Waals surface area contributed by atoms with Gasteiger partial charge in [-0.05, 0) is 52.0 Å². The van der Waals surface area contributed by atoms with Crippen molar-refractivity contribution < 1.29 is 4.79 Å². The summed E-state index contributed by atoms with van der Waals surface area (Å²) in [4.78, 5) is 22.4. The zero-order chi connectivity index (χ0) is 20.5. The van der Waals surface area contributed by atoms with Crippen molar-refractivity contribution in [2.75, 3.05) is 0 Å². The summed E-state index contributed by atoms with van der Waals surface area (Å²) in [6, 6.07) is 20.1. The van der Waals surface area contributed by atoms with E-state index in [0.29, 0.717) is 5.82 Å². The van der Waals surface area contributed by atoms with Crippen molar-refractivity contribution in [3.05, 3.63) is 83.4 Å². The number of hydrogen-bond acceptors (Lipinski definition) is 4. The molecule has 0 saturated carbocycles. The van der Waals surface area contributed by atoms with Crippen molar-refractivity contribution in [2.45, 2.75) is 38.0 Å². The Labute approximate surface area is 175 Å². The number of carbonyl (C=O) groups excluding carboxylic acids is 1. The van der Waals surface area contributed by atoms with Gasteiger partial charge in [0, 0.05) is 28.0 Å². The molecule has 0 bridgehead atoms. The minimum absolute atomic E-state index is 0.116. The molecule has 4 nitrogen and oxygen atoms in total. The molecule has 0 aliphatic carbocycles. The highest BCUT2D eigenvalue weighted by atomic mass is 32.2. The van der Waals surface area contributed by atoms with Gasteiger partial charge in [-0.1, -0.05) is 48.2 Å². The lowest BCUT2D eigenvalue weighted by atomic mass is 10.1. The van der Waals surface area contributed by atoms with Crippen LogP contribution in [0.1, 0.15) is 34.5 Å². The summed E-state index contributed by atoms with van der Waals surface area (Å²) in [6.45, 7) is 7.88. The average molecular weight is 402 g/mol. The van der Waals surface area contributed by atoms with Crippen LogP contribution in [0.25, 0.3) is 16.6 Å². The Kier molecular flexibility index (Phi) is 5.24. The summed E-state index contributed by atoms with van der Waals surface area (Å²) in [6.07, 6.45) is 0. The highest BCUT2D eigenvalue weighted by Crippen LogP contribution is 2.31. The van der Waals surface area contributed by atoms with Crippen molar-refractivity contribution >= 4 is 28.4 Å². The predicted molar refractivity (Wildman–Crippen MR) is 119 cm³/mol. The summed E-state index contributed by atoms with van der Waals surface area (Å²) in [5.74, 6) is 0.832. The molecule has 0 unspecified atom stereocenters. The van der Waals surface area contributed by atoms with Crippen LogP contribution in [0.5, 0.6) is 0 Å². The lowest BCUT2D eigenvalue weighted by Gasteiger charge is -2.13. The van der Waals surface area contributed by atoms with Gasteiger partial charge < -0.3 is 4.57 Å². The number of benzene rings is 2. The van der Waals surface area contributed by atoms with Crippen molar-refractivity contribution in [1.82, 2.24) is 14.5 Å². The molecule has 0 amide bonds.